The van der Waals surface area contributed by atoms with Crippen molar-refractivity contribution >= 4 is 10.0 Å². The summed E-state index contributed by atoms with van der Waals surface area (Å²) in [6.45, 7) is 2.07. The lowest BCUT2D eigenvalue weighted by molar-refractivity contribution is 0.310. The molecule has 0 heterocycles. The predicted octanol–water partition coefficient (Wildman–Crippen LogP) is 2.68. The van der Waals surface area contributed by atoms with Crippen LogP contribution in [0.15, 0.2) is 29.2 Å². The minimum Gasteiger partial charge on any atom is -0.208 e. The zero-order chi connectivity index (χ0) is 13.2. The minimum absolute atomic E-state index is 0.00574. The van der Waals surface area contributed by atoms with Crippen molar-refractivity contribution < 1.29 is 12.8 Å². The SMILES string of the molecule is C[C@H]1CCCC[C@@H]1NS(=O)(=O)c1ccc(F)cc1. The van der Waals surface area contributed by atoms with Crippen molar-refractivity contribution in [1.29, 1.82) is 0 Å². The molecule has 1 aromatic carbocycles. The Kier molecular flexibility index (Phi) is 4.02. The molecule has 1 aliphatic carbocycles. The minimum atomic E-state index is -3.53. The van der Waals surface area contributed by atoms with Crippen molar-refractivity contribution in [2.24, 2.45) is 5.92 Å². The van der Waals surface area contributed by atoms with Gasteiger partial charge in [0.15, 0.2) is 0 Å². The number of hydrogen-bond donors (Lipinski definition) is 1. The first kappa shape index (κ1) is 13.5. The molecule has 3 nitrogen and oxygen atoms in total. The van der Waals surface area contributed by atoms with E-state index in [9.17, 15) is 12.8 Å². The van der Waals surface area contributed by atoms with Crippen molar-refractivity contribution in [1.82, 2.24) is 4.72 Å². The number of halogens is 1. The first-order valence-corrected chi connectivity index (χ1v) is 7.75. The fourth-order valence-electron chi connectivity index (χ4n) is 2.37. The number of rotatable bonds is 3. The quantitative estimate of drug-likeness (QED) is 0.918. The molecule has 5 heteroatoms. The van der Waals surface area contributed by atoms with Gasteiger partial charge in [-0.05, 0) is 43.0 Å². The van der Waals surface area contributed by atoms with Gasteiger partial charge in [-0.1, -0.05) is 19.8 Å². The first-order valence-electron chi connectivity index (χ1n) is 6.27. The average Bonchev–Trinajstić information content (AvgIpc) is 2.32. The molecule has 0 saturated heterocycles. The van der Waals surface area contributed by atoms with Gasteiger partial charge in [0.2, 0.25) is 10.0 Å². The van der Waals surface area contributed by atoms with Crippen LogP contribution in [-0.4, -0.2) is 14.5 Å². The molecular weight excluding hydrogens is 253 g/mol. The van der Waals surface area contributed by atoms with Gasteiger partial charge >= 0.3 is 0 Å². The largest absolute Gasteiger partial charge is 0.240 e. The summed E-state index contributed by atoms with van der Waals surface area (Å²) in [4.78, 5) is 0.127. The van der Waals surface area contributed by atoms with Gasteiger partial charge in [0.05, 0.1) is 4.90 Å². The maximum atomic E-state index is 12.8. The fraction of sp³-hybridized carbons (Fsp3) is 0.538. The van der Waals surface area contributed by atoms with Crippen LogP contribution in [0.2, 0.25) is 0 Å². The molecule has 1 N–H and O–H groups in total. The Morgan fingerprint density at radius 1 is 1.17 bits per heavy atom. The Hall–Kier alpha value is -0.940. The first-order chi connectivity index (χ1) is 8.49. The lowest BCUT2D eigenvalue weighted by Gasteiger charge is -2.29. The summed E-state index contributed by atoms with van der Waals surface area (Å²) in [6.07, 6.45) is 4.15. The summed E-state index contributed by atoms with van der Waals surface area (Å²) in [5, 5.41) is 0. The van der Waals surface area contributed by atoms with E-state index in [1.165, 1.54) is 24.3 Å². The zero-order valence-corrected chi connectivity index (χ0v) is 11.2. The Morgan fingerprint density at radius 3 is 2.39 bits per heavy atom. The molecule has 0 unspecified atom stereocenters. The molecule has 0 aromatic heterocycles. The highest BCUT2D eigenvalue weighted by Gasteiger charge is 2.26. The van der Waals surface area contributed by atoms with E-state index in [1.807, 2.05) is 0 Å². The van der Waals surface area contributed by atoms with Crippen molar-refractivity contribution in [2.75, 3.05) is 0 Å². The molecule has 100 valence electrons. The molecular formula is C13H18FNO2S. The van der Waals surface area contributed by atoms with Crippen LogP contribution in [0.1, 0.15) is 32.6 Å². The molecule has 1 aromatic rings. The second-order valence-corrected chi connectivity index (χ2v) is 6.66. The van der Waals surface area contributed by atoms with Crippen molar-refractivity contribution in [2.45, 2.75) is 43.5 Å². The van der Waals surface area contributed by atoms with E-state index in [-0.39, 0.29) is 10.9 Å². The highest BCUT2D eigenvalue weighted by Crippen LogP contribution is 2.25. The van der Waals surface area contributed by atoms with Crippen LogP contribution in [0.3, 0.4) is 0 Å². The van der Waals surface area contributed by atoms with Crippen LogP contribution in [0, 0.1) is 11.7 Å². The third kappa shape index (κ3) is 3.09. The summed E-state index contributed by atoms with van der Waals surface area (Å²) in [7, 11) is -3.53. The van der Waals surface area contributed by atoms with E-state index in [4.69, 9.17) is 0 Å². The lowest BCUT2D eigenvalue weighted by atomic mass is 9.87. The smallest absolute Gasteiger partial charge is 0.208 e. The van der Waals surface area contributed by atoms with Crippen LogP contribution < -0.4 is 4.72 Å². The maximum absolute atomic E-state index is 12.8. The average molecular weight is 271 g/mol. The van der Waals surface area contributed by atoms with Gasteiger partial charge in [0.1, 0.15) is 5.82 Å². The molecule has 1 aliphatic rings. The number of hydrogen-bond acceptors (Lipinski definition) is 2. The van der Waals surface area contributed by atoms with E-state index in [1.54, 1.807) is 0 Å². The van der Waals surface area contributed by atoms with Gasteiger partial charge < -0.3 is 0 Å². The van der Waals surface area contributed by atoms with Gasteiger partial charge in [-0.2, -0.15) is 0 Å². The topological polar surface area (TPSA) is 46.2 Å². The van der Waals surface area contributed by atoms with Gasteiger partial charge in [0, 0.05) is 6.04 Å². The summed E-state index contributed by atoms with van der Waals surface area (Å²) in [5.41, 5.74) is 0. The highest BCUT2D eigenvalue weighted by molar-refractivity contribution is 7.89. The zero-order valence-electron chi connectivity index (χ0n) is 10.4. The normalized spacial score (nSPS) is 25.0. The summed E-state index contributed by atoms with van der Waals surface area (Å²) >= 11 is 0. The third-order valence-electron chi connectivity index (χ3n) is 3.54. The van der Waals surface area contributed by atoms with Crippen molar-refractivity contribution in [3.05, 3.63) is 30.1 Å². The Labute approximate surface area is 107 Å². The Balaban J connectivity index is 2.13. The van der Waals surface area contributed by atoms with Gasteiger partial charge in [-0.25, -0.2) is 17.5 Å². The van der Waals surface area contributed by atoms with Gasteiger partial charge in [-0.3, -0.25) is 0 Å². The van der Waals surface area contributed by atoms with E-state index >= 15 is 0 Å². The fourth-order valence-corrected chi connectivity index (χ4v) is 3.75. The molecule has 2 rings (SSSR count). The van der Waals surface area contributed by atoms with Crippen LogP contribution in [0.4, 0.5) is 4.39 Å². The molecule has 1 fully saturated rings. The lowest BCUT2D eigenvalue weighted by Crippen LogP contribution is -2.40. The van der Waals surface area contributed by atoms with Crippen LogP contribution >= 0.6 is 0 Å². The van der Waals surface area contributed by atoms with Crippen LogP contribution in [0.5, 0.6) is 0 Å². The van der Waals surface area contributed by atoms with E-state index in [0.29, 0.717) is 5.92 Å². The number of sulfonamides is 1. The van der Waals surface area contributed by atoms with Crippen LogP contribution in [-0.2, 0) is 10.0 Å². The van der Waals surface area contributed by atoms with Crippen molar-refractivity contribution in [3.8, 4) is 0 Å². The highest BCUT2D eigenvalue weighted by atomic mass is 32.2. The van der Waals surface area contributed by atoms with Gasteiger partial charge in [0.25, 0.3) is 0 Å². The third-order valence-corrected chi connectivity index (χ3v) is 5.05. The van der Waals surface area contributed by atoms with E-state index in [2.05, 4.69) is 11.6 Å². The summed E-state index contributed by atoms with van der Waals surface area (Å²) in [5.74, 6) is -0.0750. The van der Waals surface area contributed by atoms with E-state index in [0.717, 1.165) is 25.7 Å². The molecule has 0 spiro atoms. The Morgan fingerprint density at radius 2 is 1.78 bits per heavy atom. The molecule has 18 heavy (non-hydrogen) atoms. The molecule has 2 atom stereocenters. The second kappa shape index (κ2) is 5.36. The molecule has 0 radical (unpaired) electrons. The summed E-state index contributed by atoms with van der Waals surface area (Å²) < 4.78 is 39.8. The predicted molar refractivity (Wildman–Crippen MR) is 68.1 cm³/mol. The Bertz CT molecular complexity index is 498. The molecule has 0 amide bonds. The van der Waals surface area contributed by atoms with Crippen molar-refractivity contribution in [3.63, 3.8) is 0 Å². The monoisotopic (exact) mass is 271 g/mol. The molecule has 1 saturated carbocycles. The standard InChI is InChI=1S/C13H18FNO2S/c1-10-4-2-3-5-13(10)15-18(16,17)12-8-6-11(14)7-9-12/h6-10,13,15H,2-5H2,1H3/t10-,13-/m0/s1. The molecule has 0 bridgehead atoms. The molecule has 0 aliphatic heterocycles. The second-order valence-electron chi connectivity index (χ2n) is 4.94. The van der Waals surface area contributed by atoms with Crippen LogP contribution in [0.25, 0.3) is 0 Å². The summed E-state index contributed by atoms with van der Waals surface area (Å²) in [6, 6.07) is 4.92. The number of nitrogens with one attached hydrogen (secondary N) is 1. The van der Waals surface area contributed by atoms with Gasteiger partial charge in [-0.15, -0.1) is 0 Å². The number of benzene rings is 1. The maximum Gasteiger partial charge on any atom is 0.240 e. The van der Waals surface area contributed by atoms with E-state index < -0.39 is 15.8 Å².